The zero-order valence-corrected chi connectivity index (χ0v) is 13.0. The number of hydrogen-bond donors (Lipinski definition) is 1. The minimum absolute atomic E-state index is 0.113. The Hall–Kier alpha value is -2.10. The molecule has 1 aromatic heterocycles. The predicted molar refractivity (Wildman–Crippen MR) is 84.6 cm³/mol. The Labute approximate surface area is 125 Å². The second-order valence-corrected chi connectivity index (χ2v) is 5.87. The average molecular weight is 286 g/mol. The van der Waals surface area contributed by atoms with E-state index in [2.05, 4.69) is 23.8 Å². The van der Waals surface area contributed by atoms with Gasteiger partial charge >= 0.3 is 0 Å². The number of nitrogens with zero attached hydrogens (tertiary/aromatic N) is 1. The van der Waals surface area contributed by atoms with Gasteiger partial charge in [0.1, 0.15) is 11.6 Å². The van der Waals surface area contributed by atoms with Gasteiger partial charge in [0, 0.05) is 17.3 Å². The molecule has 21 heavy (non-hydrogen) atoms. The molecule has 0 saturated carbocycles. The number of benzene rings is 1. The van der Waals surface area contributed by atoms with E-state index in [4.69, 9.17) is 4.74 Å². The fourth-order valence-electron chi connectivity index (χ4n) is 2.13. The number of aromatic nitrogens is 2. The van der Waals surface area contributed by atoms with Gasteiger partial charge in [-0.2, -0.15) is 0 Å². The number of rotatable bonds is 5. The van der Waals surface area contributed by atoms with Gasteiger partial charge in [0.15, 0.2) is 0 Å². The molecule has 0 aliphatic carbocycles. The van der Waals surface area contributed by atoms with Gasteiger partial charge < -0.3 is 9.72 Å². The first-order valence-corrected chi connectivity index (χ1v) is 7.31. The van der Waals surface area contributed by atoms with Gasteiger partial charge in [-0.25, -0.2) is 4.98 Å². The highest BCUT2D eigenvalue weighted by Gasteiger charge is 2.06. The maximum atomic E-state index is 11.8. The Morgan fingerprint density at radius 1 is 1.14 bits per heavy atom. The summed E-state index contributed by atoms with van der Waals surface area (Å²) in [6.07, 6.45) is 0.939. The first kappa shape index (κ1) is 15.3. The molecule has 4 heteroatoms. The van der Waals surface area contributed by atoms with Crippen LogP contribution in [-0.4, -0.2) is 16.1 Å². The van der Waals surface area contributed by atoms with Crippen molar-refractivity contribution in [3.8, 4) is 17.1 Å². The number of nitrogens with one attached hydrogen (secondary N) is 1. The van der Waals surface area contributed by atoms with Crippen molar-refractivity contribution >= 4 is 0 Å². The maximum absolute atomic E-state index is 11.8. The van der Waals surface area contributed by atoms with Crippen molar-refractivity contribution in [1.29, 1.82) is 0 Å². The van der Waals surface area contributed by atoms with Gasteiger partial charge in [-0.1, -0.05) is 13.8 Å². The molecule has 0 spiro atoms. The fraction of sp³-hybridized carbons (Fsp3) is 0.412. The van der Waals surface area contributed by atoms with Crippen molar-refractivity contribution in [3.05, 3.63) is 46.4 Å². The lowest BCUT2D eigenvalue weighted by Crippen LogP contribution is -2.11. The van der Waals surface area contributed by atoms with Crippen molar-refractivity contribution in [2.45, 2.75) is 40.2 Å². The fourth-order valence-corrected chi connectivity index (χ4v) is 2.13. The normalized spacial score (nSPS) is 11.1. The third kappa shape index (κ3) is 4.45. The Morgan fingerprint density at radius 3 is 2.38 bits per heavy atom. The van der Waals surface area contributed by atoms with E-state index in [1.165, 1.54) is 0 Å². The van der Waals surface area contributed by atoms with Gasteiger partial charge in [0.05, 0.1) is 6.10 Å². The van der Waals surface area contributed by atoms with E-state index in [1.807, 2.05) is 38.1 Å². The van der Waals surface area contributed by atoms with Crippen LogP contribution in [0.5, 0.6) is 5.75 Å². The van der Waals surface area contributed by atoms with Crippen molar-refractivity contribution in [2.75, 3.05) is 0 Å². The SMILES string of the molecule is CC(C)Cc1cc(=O)[nH]c(-c2ccc(OC(C)C)cc2)n1. The molecule has 0 saturated heterocycles. The molecule has 112 valence electrons. The molecule has 0 unspecified atom stereocenters. The van der Waals surface area contributed by atoms with Crippen LogP contribution < -0.4 is 10.3 Å². The van der Waals surface area contributed by atoms with Crippen LogP contribution in [0.1, 0.15) is 33.4 Å². The molecule has 0 aliphatic heterocycles. The second kappa shape index (κ2) is 6.57. The topological polar surface area (TPSA) is 55.0 Å². The van der Waals surface area contributed by atoms with Crippen molar-refractivity contribution < 1.29 is 4.74 Å². The van der Waals surface area contributed by atoms with Crippen LogP contribution in [0.15, 0.2) is 35.1 Å². The highest BCUT2D eigenvalue weighted by atomic mass is 16.5. The molecule has 1 heterocycles. The molecular formula is C17H22N2O2. The van der Waals surface area contributed by atoms with E-state index in [9.17, 15) is 4.79 Å². The summed E-state index contributed by atoms with van der Waals surface area (Å²) < 4.78 is 5.61. The van der Waals surface area contributed by atoms with Crippen LogP contribution in [0.2, 0.25) is 0 Å². The van der Waals surface area contributed by atoms with Crippen molar-refractivity contribution in [2.24, 2.45) is 5.92 Å². The lowest BCUT2D eigenvalue weighted by molar-refractivity contribution is 0.242. The molecule has 4 nitrogen and oxygen atoms in total. The van der Waals surface area contributed by atoms with Gasteiger partial charge in [0.25, 0.3) is 5.56 Å². The third-order valence-corrected chi connectivity index (χ3v) is 2.91. The molecule has 0 atom stereocenters. The van der Waals surface area contributed by atoms with Crippen molar-refractivity contribution in [1.82, 2.24) is 9.97 Å². The van der Waals surface area contributed by atoms with Crippen LogP contribution in [-0.2, 0) is 6.42 Å². The standard InChI is InChI=1S/C17H22N2O2/c1-11(2)9-14-10-16(20)19-17(18-14)13-5-7-15(8-6-13)21-12(3)4/h5-8,10-12H,9H2,1-4H3,(H,18,19,20). The summed E-state index contributed by atoms with van der Waals surface area (Å²) in [6.45, 7) is 8.20. The molecule has 1 N–H and O–H groups in total. The van der Waals surface area contributed by atoms with Crippen LogP contribution in [0.25, 0.3) is 11.4 Å². The van der Waals surface area contributed by atoms with E-state index < -0.39 is 0 Å². The molecule has 0 aliphatic rings. The van der Waals surface area contributed by atoms with Crippen LogP contribution in [0.3, 0.4) is 0 Å². The summed E-state index contributed by atoms with van der Waals surface area (Å²) in [4.78, 5) is 19.1. The third-order valence-electron chi connectivity index (χ3n) is 2.91. The van der Waals surface area contributed by atoms with Gasteiger partial charge in [-0.05, 0) is 50.5 Å². The zero-order valence-electron chi connectivity index (χ0n) is 13.0. The minimum Gasteiger partial charge on any atom is -0.491 e. The van der Waals surface area contributed by atoms with E-state index in [-0.39, 0.29) is 11.7 Å². The quantitative estimate of drug-likeness (QED) is 0.916. The lowest BCUT2D eigenvalue weighted by Gasteiger charge is -2.10. The molecular weight excluding hydrogens is 264 g/mol. The average Bonchev–Trinajstić information content (AvgIpc) is 2.37. The Morgan fingerprint density at radius 2 is 1.81 bits per heavy atom. The van der Waals surface area contributed by atoms with Gasteiger partial charge in [0.2, 0.25) is 0 Å². The second-order valence-electron chi connectivity index (χ2n) is 5.87. The van der Waals surface area contributed by atoms with E-state index >= 15 is 0 Å². The van der Waals surface area contributed by atoms with Crippen LogP contribution in [0.4, 0.5) is 0 Å². The van der Waals surface area contributed by atoms with Crippen LogP contribution in [0, 0.1) is 5.92 Å². The number of hydrogen-bond acceptors (Lipinski definition) is 3. The minimum atomic E-state index is -0.113. The van der Waals surface area contributed by atoms with E-state index in [0.29, 0.717) is 11.7 Å². The Balaban J connectivity index is 2.28. The molecule has 2 rings (SSSR count). The van der Waals surface area contributed by atoms with E-state index in [1.54, 1.807) is 6.07 Å². The Kier molecular flexibility index (Phi) is 4.78. The lowest BCUT2D eigenvalue weighted by atomic mass is 10.1. The highest BCUT2D eigenvalue weighted by Crippen LogP contribution is 2.20. The summed E-state index contributed by atoms with van der Waals surface area (Å²) >= 11 is 0. The predicted octanol–water partition coefficient (Wildman–Crippen LogP) is 3.42. The molecule has 0 amide bonds. The Bertz CT molecular complexity index is 643. The first-order chi connectivity index (χ1) is 9.94. The van der Waals surface area contributed by atoms with E-state index in [0.717, 1.165) is 23.4 Å². The summed E-state index contributed by atoms with van der Waals surface area (Å²) in [5.41, 5.74) is 1.60. The monoisotopic (exact) mass is 286 g/mol. The first-order valence-electron chi connectivity index (χ1n) is 7.31. The largest absolute Gasteiger partial charge is 0.491 e. The highest BCUT2D eigenvalue weighted by molar-refractivity contribution is 5.56. The number of ether oxygens (including phenoxy) is 1. The number of H-pyrrole nitrogens is 1. The number of aromatic amines is 1. The van der Waals surface area contributed by atoms with Crippen molar-refractivity contribution in [3.63, 3.8) is 0 Å². The molecule has 0 bridgehead atoms. The van der Waals surface area contributed by atoms with Gasteiger partial charge in [-0.3, -0.25) is 4.79 Å². The smallest absolute Gasteiger partial charge is 0.251 e. The van der Waals surface area contributed by atoms with Gasteiger partial charge in [-0.15, -0.1) is 0 Å². The van der Waals surface area contributed by atoms with Crippen LogP contribution >= 0.6 is 0 Å². The summed E-state index contributed by atoms with van der Waals surface area (Å²) in [6, 6.07) is 9.18. The summed E-state index contributed by atoms with van der Waals surface area (Å²) in [5.74, 6) is 1.89. The summed E-state index contributed by atoms with van der Waals surface area (Å²) in [5, 5.41) is 0. The summed E-state index contributed by atoms with van der Waals surface area (Å²) in [7, 11) is 0. The molecule has 0 fully saturated rings. The molecule has 2 aromatic rings. The molecule has 1 aromatic carbocycles. The zero-order chi connectivity index (χ0) is 15.4. The maximum Gasteiger partial charge on any atom is 0.251 e. The molecule has 0 radical (unpaired) electrons.